The zero-order valence-corrected chi connectivity index (χ0v) is 21.3. The molecule has 0 fully saturated rings. The molecule has 0 saturated heterocycles. The number of amides is 3. The summed E-state index contributed by atoms with van der Waals surface area (Å²) in [4.78, 5) is 29.6. The lowest BCUT2D eigenvalue weighted by molar-refractivity contribution is -0.133. The molecule has 1 aromatic heterocycles. The molecule has 1 N–H and O–H groups in total. The standard InChI is InChI=1S/C27H31ClFN3O4/c1-3-35-14-5-13-31(27(34)30-23-12-7-20(2)25(28)16-23)19-26(33)32(18-24-6-4-15-36-24)17-21-8-10-22(29)11-9-21/h4,6-12,15-16H,3,5,13-14,17-19H2,1-2H3,(H,30,34). The van der Waals surface area contributed by atoms with Crippen LogP contribution in [0.25, 0.3) is 0 Å². The Balaban J connectivity index is 1.75. The lowest BCUT2D eigenvalue weighted by atomic mass is 10.2. The molecular formula is C27H31ClFN3O4. The number of anilines is 1. The minimum absolute atomic E-state index is 0.153. The van der Waals surface area contributed by atoms with E-state index in [9.17, 15) is 14.0 Å². The van der Waals surface area contributed by atoms with Crippen LogP contribution in [0, 0.1) is 12.7 Å². The van der Waals surface area contributed by atoms with Gasteiger partial charge in [0.05, 0.1) is 12.8 Å². The van der Waals surface area contributed by atoms with Crippen molar-refractivity contribution in [3.8, 4) is 0 Å². The Labute approximate surface area is 215 Å². The van der Waals surface area contributed by atoms with Crippen LogP contribution >= 0.6 is 11.6 Å². The quantitative estimate of drug-likeness (QED) is 0.306. The average molecular weight is 516 g/mol. The van der Waals surface area contributed by atoms with Crippen LogP contribution in [-0.2, 0) is 22.6 Å². The largest absolute Gasteiger partial charge is 0.467 e. The van der Waals surface area contributed by atoms with Crippen LogP contribution < -0.4 is 5.32 Å². The molecule has 0 unspecified atom stereocenters. The van der Waals surface area contributed by atoms with Crippen molar-refractivity contribution >= 4 is 29.2 Å². The molecule has 2 aromatic carbocycles. The van der Waals surface area contributed by atoms with Crippen LogP contribution in [0.1, 0.15) is 30.2 Å². The third kappa shape index (κ3) is 8.39. The number of nitrogens with zero attached hydrogens (tertiary/aromatic N) is 2. The van der Waals surface area contributed by atoms with Crippen molar-refractivity contribution in [2.45, 2.75) is 33.4 Å². The van der Waals surface area contributed by atoms with Crippen LogP contribution in [0.15, 0.2) is 65.3 Å². The van der Waals surface area contributed by atoms with E-state index in [2.05, 4.69) is 5.32 Å². The van der Waals surface area contributed by atoms with Crippen molar-refractivity contribution in [3.05, 3.63) is 88.6 Å². The second-order valence-electron chi connectivity index (χ2n) is 8.32. The predicted octanol–water partition coefficient (Wildman–Crippen LogP) is 5.87. The van der Waals surface area contributed by atoms with Gasteiger partial charge in [0.2, 0.25) is 5.91 Å². The maximum absolute atomic E-state index is 13.4. The Morgan fingerprint density at radius 2 is 1.86 bits per heavy atom. The molecule has 1 heterocycles. The van der Waals surface area contributed by atoms with Gasteiger partial charge in [0.1, 0.15) is 18.1 Å². The summed E-state index contributed by atoms with van der Waals surface area (Å²) in [5, 5.41) is 3.37. The number of rotatable bonds is 12. The van der Waals surface area contributed by atoms with Gasteiger partial charge in [0, 0.05) is 37.0 Å². The number of ether oxygens (including phenoxy) is 1. The Morgan fingerprint density at radius 1 is 1.08 bits per heavy atom. The van der Waals surface area contributed by atoms with Gasteiger partial charge in [-0.1, -0.05) is 29.8 Å². The van der Waals surface area contributed by atoms with Crippen molar-refractivity contribution in [1.82, 2.24) is 9.80 Å². The van der Waals surface area contributed by atoms with Gasteiger partial charge >= 0.3 is 6.03 Å². The Bertz CT molecular complexity index is 1120. The molecule has 9 heteroatoms. The molecule has 0 atom stereocenters. The number of carbonyl (C=O) groups is 2. The SMILES string of the molecule is CCOCCCN(CC(=O)N(Cc1ccc(F)cc1)Cc1ccco1)C(=O)Nc1ccc(C)c(Cl)c1. The van der Waals surface area contributed by atoms with Gasteiger partial charge < -0.3 is 24.3 Å². The van der Waals surface area contributed by atoms with Gasteiger partial charge in [0.25, 0.3) is 0 Å². The third-order valence-corrected chi connectivity index (χ3v) is 5.93. The molecule has 3 aromatic rings. The number of carbonyl (C=O) groups excluding carboxylic acids is 2. The van der Waals surface area contributed by atoms with Crippen LogP contribution in [0.2, 0.25) is 5.02 Å². The summed E-state index contributed by atoms with van der Waals surface area (Å²) in [5.41, 5.74) is 2.20. The first-order chi connectivity index (χ1) is 17.4. The van der Waals surface area contributed by atoms with Gasteiger partial charge in [-0.15, -0.1) is 0 Å². The van der Waals surface area contributed by atoms with E-state index in [1.807, 2.05) is 19.9 Å². The summed E-state index contributed by atoms with van der Waals surface area (Å²) in [7, 11) is 0. The lowest BCUT2D eigenvalue weighted by Crippen LogP contribution is -2.44. The average Bonchev–Trinajstić information content (AvgIpc) is 3.37. The molecule has 192 valence electrons. The molecule has 0 radical (unpaired) electrons. The first kappa shape index (κ1) is 27.2. The number of urea groups is 1. The summed E-state index contributed by atoms with van der Waals surface area (Å²) in [6.07, 6.45) is 2.11. The summed E-state index contributed by atoms with van der Waals surface area (Å²) >= 11 is 6.20. The van der Waals surface area contributed by atoms with Crippen LogP contribution in [-0.4, -0.2) is 48.0 Å². The maximum atomic E-state index is 13.4. The molecule has 0 saturated carbocycles. The molecule has 0 aliphatic heterocycles. The van der Waals surface area contributed by atoms with E-state index in [1.54, 1.807) is 41.3 Å². The zero-order chi connectivity index (χ0) is 25.9. The molecular weight excluding hydrogens is 485 g/mol. The van der Waals surface area contributed by atoms with E-state index in [0.717, 1.165) is 11.1 Å². The first-order valence-corrected chi connectivity index (χ1v) is 12.2. The molecule has 3 rings (SSSR count). The fourth-order valence-corrected chi connectivity index (χ4v) is 3.70. The van der Waals surface area contributed by atoms with Crippen molar-refractivity contribution < 1.29 is 23.1 Å². The molecule has 7 nitrogen and oxygen atoms in total. The Hall–Kier alpha value is -3.36. The normalized spacial score (nSPS) is 10.8. The van der Waals surface area contributed by atoms with E-state index < -0.39 is 6.03 Å². The number of furan rings is 1. The molecule has 0 aliphatic rings. The van der Waals surface area contributed by atoms with E-state index >= 15 is 0 Å². The number of aryl methyl sites for hydroxylation is 1. The summed E-state index contributed by atoms with van der Waals surface area (Å²) < 4.78 is 24.2. The summed E-state index contributed by atoms with van der Waals surface area (Å²) in [5.74, 6) is -0.0210. The molecule has 3 amide bonds. The van der Waals surface area contributed by atoms with E-state index in [0.29, 0.717) is 42.6 Å². The monoisotopic (exact) mass is 515 g/mol. The minimum Gasteiger partial charge on any atom is -0.467 e. The predicted molar refractivity (Wildman–Crippen MR) is 137 cm³/mol. The highest BCUT2D eigenvalue weighted by molar-refractivity contribution is 6.31. The fourth-order valence-electron chi connectivity index (χ4n) is 3.52. The molecule has 36 heavy (non-hydrogen) atoms. The smallest absolute Gasteiger partial charge is 0.322 e. The van der Waals surface area contributed by atoms with Crippen molar-refractivity contribution in [2.24, 2.45) is 0 Å². The maximum Gasteiger partial charge on any atom is 0.322 e. The van der Waals surface area contributed by atoms with Gasteiger partial charge in [-0.2, -0.15) is 0 Å². The van der Waals surface area contributed by atoms with Gasteiger partial charge in [-0.05, 0) is 67.8 Å². The lowest BCUT2D eigenvalue weighted by Gasteiger charge is -2.27. The first-order valence-electron chi connectivity index (χ1n) is 11.8. The Kier molecular flexibility index (Phi) is 10.3. The zero-order valence-electron chi connectivity index (χ0n) is 20.5. The van der Waals surface area contributed by atoms with E-state index in [4.69, 9.17) is 20.8 Å². The van der Waals surface area contributed by atoms with E-state index in [1.165, 1.54) is 23.3 Å². The van der Waals surface area contributed by atoms with Crippen molar-refractivity contribution in [3.63, 3.8) is 0 Å². The number of nitrogens with one attached hydrogen (secondary N) is 1. The fraction of sp³-hybridized carbons (Fsp3) is 0.333. The van der Waals surface area contributed by atoms with Crippen LogP contribution in [0.3, 0.4) is 0 Å². The third-order valence-electron chi connectivity index (χ3n) is 5.52. The van der Waals surface area contributed by atoms with E-state index in [-0.39, 0.29) is 31.4 Å². The molecule has 0 spiro atoms. The second-order valence-corrected chi connectivity index (χ2v) is 8.73. The second kappa shape index (κ2) is 13.7. The van der Waals surface area contributed by atoms with Crippen LogP contribution in [0.5, 0.6) is 0 Å². The summed E-state index contributed by atoms with van der Waals surface area (Å²) in [6, 6.07) is 14.3. The number of hydrogen-bond donors (Lipinski definition) is 1. The Morgan fingerprint density at radius 3 is 2.53 bits per heavy atom. The topological polar surface area (TPSA) is 75.0 Å². The van der Waals surface area contributed by atoms with Crippen molar-refractivity contribution in [2.75, 3.05) is 31.6 Å². The highest BCUT2D eigenvalue weighted by Crippen LogP contribution is 2.20. The number of halogens is 2. The highest BCUT2D eigenvalue weighted by Gasteiger charge is 2.23. The van der Waals surface area contributed by atoms with Crippen molar-refractivity contribution in [1.29, 1.82) is 0 Å². The van der Waals surface area contributed by atoms with Crippen LogP contribution in [0.4, 0.5) is 14.9 Å². The number of benzene rings is 2. The van der Waals surface area contributed by atoms with Gasteiger partial charge in [0.15, 0.2) is 0 Å². The highest BCUT2D eigenvalue weighted by atomic mass is 35.5. The van der Waals surface area contributed by atoms with Gasteiger partial charge in [-0.3, -0.25) is 4.79 Å². The van der Waals surface area contributed by atoms with Gasteiger partial charge in [-0.25, -0.2) is 9.18 Å². The minimum atomic E-state index is -0.417. The number of hydrogen-bond acceptors (Lipinski definition) is 4. The molecule has 0 bridgehead atoms. The molecule has 0 aliphatic carbocycles. The summed E-state index contributed by atoms with van der Waals surface area (Å²) in [6.45, 7) is 5.44.